The molecule has 0 radical (unpaired) electrons. The van der Waals surface area contributed by atoms with Crippen LogP contribution in [0.3, 0.4) is 0 Å². The number of piperazine rings is 1. The Morgan fingerprint density at radius 3 is 2.50 bits per heavy atom. The summed E-state index contributed by atoms with van der Waals surface area (Å²) in [5.41, 5.74) is 1.12. The molecule has 0 aliphatic carbocycles. The van der Waals surface area contributed by atoms with Gasteiger partial charge in [-0.15, -0.1) is 46.7 Å². The summed E-state index contributed by atoms with van der Waals surface area (Å²) < 4.78 is 0.867. The van der Waals surface area contributed by atoms with Crippen LogP contribution in [0.1, 0.15) is 20.5 Å². The maximum atomic E-state index is 6.02. The fourth-order valence-electron chi connectivity index (χ4n) is 2.88. The molecule has 1 saturated heterocycles. The number of thiazole rings is 1. The summed E-state index contributed by atoms with van der Waals surface area (Å²) in [6.07, 6.45) is 0. The first-order valence-corrected chi connectivity index (χ1v) is 10.4. The Balaban J connectivity index is 0.00000243. The first kappa shape index (κ1) is 21.9. The van der Waals surface area contributed by atoms with Crippen molar-refractivity contribution in [3.05, 3.63) is 36.9 Å². The number of nitrogens with zero attached hydrogens (tertiary/aromatic N) is 4. The Morgan fingerprint density at radius 1 is 1.23 bits per heavy atom. The summed E-state index contributed by atoms with van der Waals surface area (Å²) in [4.78, 5) is 16.4. The quantitative estimate of drug-likeness (QED) is 0.372. The number of nitrogens with one attached hydrogen (secondary N) is 1. The van der Waals surface area contributed by atoms with E-state index in [4.69, 9.17) is 11.6 Å². The maximum absolute atomic E-state index is 6.02. The average molecular weight is 526 g/mol. The number of rotatable bonds is 4. The zero-order valence-corrected chi connectivity index (χ0v) is 20.0. The van der Waals surface area contributed by atoms with Gasteiger partial charge in [-0.3, -0.25) is 9.89 Å². The number of guanidine groups is 1. The Kier molecular flexibility index (Phi) is 8.59. The molecule has 0 saturated carbocycles. The van der Waals surface area contributed by atoms with Crippen molar-refractivity contribution in [3.63, 3.8) is 0 Å². The largest absolute Gasteiger partial charge is 0.350 e. The van der Waals surface area contributed by atoms with Gasteiger partial charge < -0.3 is 10.2 Å². The number of aromatic nitrogens is 1. The van der Waals surface area contributed by atoms with Crippen LogP contribution in [-0.4, -0.2) is 54.0 Å². The highest BCUT2D eigenvalue weighted by Gasteiger charge is 2.20. The van der Waals surface area contributed by atoms with Crippen molar-refractivity contribution in [3.8, 4) is 0 Å². The third kappa shape index (κ3) is 5.79. The van der Waals surface area contributed by atoms with E-state index in [1.807, 2.05) is 13.1 Å². The lowest BCUT2D eigenvalue weighted by Gasteiger charge is -2.36. The van der Waals surface area contributed by atoms with E-state index in [2.05, 4.69) is 45.0 Å². The number of aryl methyl sites for hydroxylation is 2. The SMILES string of the molecule is CN=C(NCc1nc(C)c(C)s1)N1CCN(Cc2ccc(Cl)s2)CC1.I. The fraction of sp³-hybridized carbons (Fsp3) is 0.529. The molecular weight excluding hydrogens is 501 g/mol. The summed E-state index contributed by atoms with van der Waals surface area (Å²) in [6, 6.07) is 4.10. The summed E-state index contributed by atoms with van der Waals surface area (Å²) in [5, 5.41) is 4.57. The highest BCUT2D eigenvalue weighted by Crippen LogP contribution is 2.23. The van der Waals surface area contributed by atoms with E-state index in [-0.39, 0.29) is 24.0 Å². The molecule has 0 aromatic carbocycles. The molecule has 0 amide bonds. The third-order valence-corrected chi connectivity index (χ3v) is 6.65. The smallest absolute Gasteiger partial charge is 0.194 e. The van der Waals surface area contributed by atoms with Crippen LogP contribution >= 0.6 is 58.3 Å². The first-order chi connectivity index (χ1) is 12.0. The second-order valence-corrected chi connectivity index (χ2v) is 9.21. The molecule has 0 atom stereocenters. The predicted octanol–water partition coefficient (Wildman–Crippen LogP) is 3.99. The molecule has 3 heterocycles. The number of hydrogen-bond acceptors (Lipinski definition) is 5. The van der Waals surface area contributed by atoms with Gasteiger partial charge in [0.25, 0.3) is 0 Å². The number of aliphatic imine (C=N–C) groups is 1. The van der Waals surface area contributed by atoms with Crippen molar-refractivity contribution in [2.45, 2.75) is 26.9 Å². The minimum absolute atomic E-state index is 0. The van der Waals surface area contributed by atoms with Crippen LogP contribution in [0.4, 0.5) is 0 Å². The lowest BCUT2D eigenvalue weighted by molar-refractivity contribution is 0.173. The first-order valence-electron chi connectivity index (χ1n) is 8.40. The maximum Gasteiger partial charge on any atom is 0.194 e. The minimum Gasteiger partial charge on any atom is -0.350 e. The summed E-state index contributed by atoms with van der Waals surface area (Å²) in [7, 11) is 1.85. The molecule has 26 heavy (non-hydrogen) atoms. The van der Waals surface area contributed by atoms with E-state index in [1.54, 1.807) is 22.7 Å². The predicted molar refractivity (Wildman–Crippen MR) is 123 cm³/mol. The van der Waals surface area contributed by atoms with Gasteiger partial charge in [0.15, 0.2) is 5.96 Å². The molecule has 1 aliphatic rings. The molecular formula is C17H25ClIN5S2. The third-order valence-electron chi connectivity index (χ3n) is 4.36. The summed E-state index contributed by atoms with van der Waals surface area (Å²) >= 11 is 9.44. The number of halogens is 2. The fourth-order valence-corrected chi connectivity index (χ4v) is 4.88. The zero-order chi connectivity index (χ0) is 17.8. The van der Waals surface area contributed by atoms with Crippen LogP contribution in [0, 0.1) is 13.8 Å². The molecule has 9 heteroatoms. The van der Waals surface area contributed by atoms with E-state index in [1.165, 1.54) is 9.75 Å². The molecule has 1 fully saturated rings. The summed E-state index contributed by atoms with van der Waals surface area (Å²) in [6.45, 7) is 9.92. The Hall–Kier alpha value is -0.420. The van der Waals surface area contributed by atoms with Crippen molar-refractivity contribution in [2.75, 3.05) is 33.2 Å². The van der Waals surface area contributed by atoms with Crippen LogP contribution in [-0.2, 0) is 13.1 Å². The van der Waals surface area contributed by atoms with Gasteiger partial charge in [-0.05, 0) is 26.0 Å². The molecule has 5 nitrogen and oxygen atoms in total. The average Bonchev–Trinajstić information content (AvgIpc) is 3.15. The van der Waals surface area contributed by atoms with Gasteiger partial charge in [0.05, 0.1) is 16.6 Å². The zero-order valence-electron chi connectivity index (χ0n) is 15.3. The molecule has 2 aromatic rings. The second-order valence-electron chi connectivity index (χ2n) is 6.12. The van der Waals surface area contributed by atoms with Gasteiger partial charge in [-0.2, -0.15) is 0 Å². The molecule has 0 spiro atoms. The van der Waals surface area contributed by atoms with Gasteiger partial charge in [0, 0.05) is 49.5 Å². The van der Waals surface area contributed by atoms with E-state index in [0.717, 1.165) is 60.3 Å². The van der Waals surface area contributed by atoms with Crippen LogP contribution in [0.5, 0.6) is 0 Å². The lowest BCUT2D eigenvalue weighted by atomic mass is 10.3. The van der Waals surface area contributed by atoms with Gasteiger partial charge in [-0.25, -0.2) is 4.98 Å². The van der Waals surface area contributed by atoms with Crippen LogP contribution in [0.2, 0.25) is 4.34 Å². The monoisotopic (exact) mass is 525 g/mol. The normalized spacial score (nSPS) is 15.8. The highest BCUT2D eigenvalue weighted by atomic mass is 127. The second kappa shape index (κ2) is 10.2. The van der Waals surface area contributed by atoms with Crippen molar-refractivity contribution in [1.29, 1.82) is 0 Å². The Morgan fingerprint density at radius 2 is 1.96 bits per heavy atom. The highest BCUT2D eigenvalue weighted by molar-refractivity contribution is 14.0. The Labute approximate surface area is 185 Å². The van der Waals surface area contributed by atoms with Gasteiger partial charge >= 0.3 is 0 Å². The molecule has 2 aromatic heterocycles. The minimum atomic E-state index is 0. The lowest BCUT2D eigenvalue weighted by Crippen LogP contribution is -2.51. The summed E-state index contributed by atoms with van der Waals surface area (Å²) in [5.74, 6) is 0.962. The van der Waals surface area contributed by atoms with E-state index < -0.39 is 0 Å². The van der Waals surface area contributed by atoms with Crippen molar-refractivity contribution < 1.29 is 0 Å². The molecule has 1 N–H and O–H groups in total. The van der Waals surface area contributed by atoms with E-state index >= 15 is 0 Å². The van der Waals surface area contributed by atoms with Gasteiger partial charge in [0.1, 0.15) is 5.01 Å². The number of hydrogen-bond donors (Lipinski definition) is 1. The number of thiophene rings is 1. The molecule has 0 bridgehead atoms. The van der Waals surface area contributed by atoms with Crippen LogP contribution in [0.15, 0.2) is 17.1 Å². The van der Waals surface area contributed by atoms with E-state index in [9.17, 15) is 0 Å². The van der Waals surface area contributed by atoms with Crippen molar-refractivity contribution >= 4 is 64.2 Å². The molecule has 3 rings (SSSR count). The standard InChI is InChI=1S/C17H24ClN5S2.HI/c1-12-13(2)24-16(21-12)10-20-17(19-3)23-8-6-22(7-9-23)11-14-4-5-15(18)25-14;/h4-5H,6-11H2,1-3H3,(H,19,20);1H. The van der Waals surface area contributed by atoms with Crippen LogP contribution < -0.4 is 5.32 Å². The van der Waals surface area contributed by atoms with Crippen molar-refractivity contribution in [1.82, 2.24) is 20.1 Å². The van der Waals surface area contributed by atoms with E-state index in [0.29, 0.717) is 0 Å². The van der Waals surface area contributed by atoms with Gasteiger partial charge in [0.2, 0.25) is 0 Å². The molecule has 0 unspecified atom stereocenters. The van der Waals surface area contributed by atoms with Crippen molar-refractivity contribution in [2.24, 2.45) is 4.99 Å². The van der Waals surface area contributed by atoms with Gasteiger partial charge in [-0.1, -0.05) is 11.6 Å². The topological polar surface area (TPSA) is 43.8 Å². The molecule has 1 aliphatic heterocycles. The van der Waals surface area contributed by atoms with Crippen LogP contribution in [0.25, 0.3) is 0 Å². The molecule has 144 valence electrons. The Bertz CT molecular complexity index is 718.